The molecule has 0 bridgehead atoms. The maximum Gasteiger partial charge on any atom is 0.110 e. The van der Waals surface area contributed by atoms with Crippen LogP contribution in [0.2, 0.25) is 5.02 Å². The van der Waals surface area contributed by atoms with Gasteiger partial charge >= 0.3 is 0 Å². The molecule has 0 saturated carbocycles. The third-order valence-corrected chi connectivity index (χ3v) is 4.24. The van der Waals surface area contributed by atoms with Crippen molar-refractivity contribution in [1.82, 2.24) is 9.55 Å². The average Bonchev–Trinajstić information content (AvgIpc) is 2.88. The topological polar surface area (TPSA) is 17.8 Å². The van der Waals surface area contributed by atoms with E-state index in [4.69, 9.17) is 16.6 Å². The number of imidazole rings is 1. The molecule has 0 N–H and O–H groups in total. The highest BCUT2D eigenvalue weighted by Crippen LogP contribution is 2.20. The number of para-hydroxylation sites is 2. The molecule has 3 rings (SSSR count). The van der Waals surface area contributed by atoms with Crippen LogP contribution >= 0.6 is 11.6 Å². The van der Waals surface area contributed by atoms with Gasteiger partial charge in [0, 0.05) is 18.0 Å². The fraction of sp³-hybridized carbons (Fsp3) is 0.316. The Morgan fingerprint density at radius 1 is 1.00 bits per heavy atom. The van der Waals surface area contributed by atoms with E-state index in [0.717, 1.165) is 23.5 Å². The van der Waals surface area contributed by atoms with Crippen LogP contribution in [0.4, 0.5) is 0 Å². The molecule has 0 aliphatic carbocycles. The van der Waals surface area contributed by atoms with E-state index in [0.29, 0.717) is 0 Å². The lowest BCUT2D eigenvalue weighted by Crippen LogP contribution is -2.05. The van der Waals surface area contributed by atoms with Crippen LogP contribution in [-0.2, 0) is 13.0 Å². The van der Waals surface area contributed by atoms with E-state index < -0.39 is 0 Å². The molecule has 0 spiro atoms. The van der Waals surface area contributed by atoms with Gasteiger partial charge in [0.2, 0.25) is 0 Å². The number of rotatable bonds is 6. The van der Waals surface area contributed by atoms with Gasteiger partial charge in [0.1, 0.15) is 5.82 Å². The molecular formula is C19H21ClN2. The molecule has 0 amide bonds. The lowest BCUT2D eigenvalue weighted by atomic mass is 10.2. The van der Waals surface area contributed by atoms with Crippen LogP contribution in [0, 0.1) is 0 Å². The Hall–Kier alpha value is -1.80. The second-order valence-corrected chi connectivity index (χ2v) is 6.12. The summed E-state index contributed by atoms with van der Waals surface area (Å²) in [4.78, 5) is 4.84. The summed E-state index contributed by atoms with van der Waals surface area (Å²) in [7, 11) is 0. The van der Waals surface area contributed by atoms with Gasteiger partial charge < -0.3 is 4.57 Å². The van der Waals surface area contributed by atoms with Gasteiger partial charge in [-0.25, -0.2) is 4.98 Å². The van der Waals surface area contributed by atoms with Crippen molar-refractivity contribution >= 4 is 22.6 Å². The lowest BCUT2D eigenvalue weighted by molar-refractivity contribution is 0.659. The molecular weight excluding hydrogens is 292 g/mol. The van der Waals surface area contributed by atoms with Crippen molar-refractivity contribution in [2.24, 2.45) is 0 Å². The molecule has 3 aromatic rings. The van der Waals surface area contributed by atoms with E-state index in [1.807, 2.05) is 12.1 Å². The number of hydrogen-bond acceptors (Lipinski definition) is 1. The predicted molar refractivity (Wildman–Crippen MR) is 93.5 cm³/mol. The first-order valence-corrected chi connectivity index (χ1v) is 8.34. The Labute approximate surface area is 136 Å². The number of aromatic nitrogens is 2. The van der Waals surface area contributed by atoms with Gasteiger partial charge in [-0.05, 0) is 36.2 Å². The molecule has 0 fully saturated rings. The molecule has 0 aliphatic heterocycles. The first kappa shape index (κ1) is 15.1. The fourth-order valence-corrected chi connectivity index (χ4v) is 2.92. The summed E-state index contributed by atoms with van der Waals surface area (Å²) in [6, 6.07) is 16.5. The highest BCUT2D eigenvalue weighted by atomic mass is 35.5. The van der Waals surface area contributed by atoms with Crippen LogP contribution in [-0.4, -0.2) is 9.55 Å². The Morgan fingerprint density at radius 2 is 1.77 bits per heavy atom. The fourth-order valence-electron chi connectivity index (χ4n) is 2.80. The van der Waals surface area contributed by atoms with Crippen molar-refractivity contribution in [3.63, 3.8) is 0 Å². The van der Waals surface area contributed by atoms with Crippen LogP contribution in [0.3, 0.4) is 0 Å². The summed E-state index contributed by atoms with van der Waals surface area (Å²) in [5, 5.41) is 0.780. The zero-order chi connectivity index (χ0) is 15.4. The summed E-state index contributed by atoms with van der Waals surface area (Å²) in [5.41, 5.74) is 3.55. The van der Waals surface area contributed by atoms with Crippen molar-refractivity contribution in [2.75, 3.05) is 0 Å². The van der Waals surface area contributed by atoms with E-state index in [-0.39, 0.29) is 0 Å². The second-order valence-electron chi connectivity index (χ2n) is 5.69. The molecule has 2 nitrogen and oxygen atoms in total. The number of hydrogen-bond donors (Lipinski definition) is 0. The van der Waals surface area contributed by atoms with Gasteiger partial charge in [0.25, 0.3) is 0 Å². The Balaban J connectivity index is 1.94. The quantitative estimate of drug-likeness (QED) is 0.552. The van der Waals surface area contributed by atoms with Gasteiger partial charge in [-0.3, -0.25) is 0 Å². The molecule has 3 heteroatoms. The predicted octanol–water partition coefficient (Wildman–Crippen LogP) is 5.47. The van der Waals surface area contributed by atoms with Crippen LogP contribution in [0.5, 0.6) is 0 Å². The van der Waals surface area contributed by atoms with Crippen molar-refractivity contribution in [3.05, 3.63) is 64.9 Å². The minimum absolute atomic E-state index is 0.780. The number of benzene rings is 2. The lowest BCUT2D eigenvalue weighted by Gasteiger charge is -2.09. The molecule has 1 heterocycles. The number of nitrogens with zero attached hydrogens (tertiary/aromatic N) is 2. The second kappa shape index (κ2) is 6.97. The molecule has 22 heavy (non-hydrogen) atoms. The number of halogens is 1. The van der Waals surface area contributed by atoms with Crippen LogP contribution in [0.1, 0.15) is 37.6 Å². The van der Waals surface area contributed by atoms with Crippen LogP contribution < -0.4 is 0 Å². The molecule has 0 atom stereocenters. The summed E-state index contributed by atoms with van der Waals surface area (Å²) in [6.07, 6.45) is 4.72. The molecule has 0 aliphatic rings. The summed E-state index contributed by atoms with van der Waals surface area (Å²) in [6.45, 7) is 3.08. The highest BCUT2D eigenvalue weighted by Gasteiger charge is 2.10. The third kappa shape index (κ3) is 3.33. The molecule has 0 radical (unpaired) electrons. The minimum atomic E-state index is 0.780. The zero-order valence-electron chi connectivity index (χ0n) is 12.9. The normalized spacial score (nSPS) is 11.2. The Kier molecular flexibility index (Phi) is 4.79. The number of aryl methyl sites for hydroxylation is 1. The third-order valence-electron chi connectivity index (χ3n) is 3.99. The summed E-state index contributed by atoms with van der Waals surface area (Å²) in [5.74, 6) is 1.18. The standard InChI is InChI=1S/C19H21ClN2/c1-2-3-4-9-19-21-17-7-5-6-8-18(17)22(19)14-15-10-12-16(20)13-11-15/h5-8,10-13H,2-4,9,14H2,1H3. The van der Waals surface area contributed by atoms with Crippen molar-refractivity contribution in [1.29, 1.82) is 0 Å². The summed E-state index contributed by atoms with van der Waals surface area (Å²) >= 11 is 5.99. The van der Waals surface area contributed by atoms with E-state index in [1.54, 1.807) is 0 Å². The number of unbranched alkanes of at least 4 members (excludes halogenated alkanes) is 2. The zero-order valence-corrected chi connectivity index (χ0v) is 13.7. The molecule has 0 unspecified atom stereocenters. The van der Waals surface area contributed by atoms with Gasteiger partial charge in [0.15, 0.2) is 0 Å². The van der Waals surface area contributed by atoms with E-state index in [1.165, 1.54) is 36.2 Å². The van der Waals surface area contributed by atoms with Crippen LogP contribution in [0.15, 0.2) is 48.5 Å². The molecule has 114 valence electrons. The maximum absolute atomic E-state index is 5.99. The first-order chi connectivity index (χ1) is 10.8. The van der Waals surface area contributed by atoms with Crippen molar-refractivity contribution in [3.8, 4) is 0 Å². The molecule has 0 saturated heterocycles. The van der Waals surface area contributed by atoms with E-state index in [9.17, 15) is 0 Å². The van der Waals surface area contributed by atoms with Gasteiger partial charge in [-0.15, -0.1) is 0 Å². The smallest absolute Gasteiger partial charge is 0.110 e. The van der Waals surface area contributed by atoms with E-state index >= 15 is 0 Å². The molecule has 2 aromatic carbocycles. The Morgan fingerprint density at radius 3 is 2.55 bits per heavy atom. The van der Waals surface area contributed by atoms with Crippen molar-refractivity contribution in [2.45, 2.75) is 39.2 Å². The largest absolute Gasteiger partial charge is 0.323 e. The van der Waals surface area contributed by atoms with Gasteiger partial charge in [-0.1, -0.05) is 55.6 Å². The van der Waals surface area contributed by atoms with Gasteiger partial charge in [0.05, 0.1) is 11.0 Å². The first-order valence-electron chi connectivity index (χ1n) is 7.96. The summed E-state index contributed by atoms with van der Waals surface area (Å²) < 4.78 is 2.34. The van der Waals surface area contributed by atoms with Gasteiger partial charge in [-0.2, -0.15) is 0 Å². The molecule has 1 aromatic heterocycles. The highest BCUT2D eigenvalue weighted by molar-refractivity contribution is 6.30. The maximum atomic E-state index is 5.99. The average molecular weight is 313 g/mol. The SMILES string of the molecule is CCCCCc1nc2ccccc2n1Cc1ccc(Cl)cc1. The monoisotopic (exact) mass is 312 g/mol. The van der Waals surface area contributed by atoms with Crippen molar-refractivity contribution < 1.29 is 0 Å². The minimum Gasteiger partial charge on any atom is -0.323 e. The number of fused-ring (bicyclic) bond motifs is 1. The Bertz CT molecular complexity index is 744. The van der Waals surface area contributed by atoms with E-state index in [2.05, 4.69) is 47.9 Å². The van der Waals surface area contributed by atoms with Crippen LogP contribution in [0.25, 0.3) is 11.0 Å².